The Labute approximate surface area is 223 Å². The molecule has 1 heterocycles. The van der Waals surface area contributed by atoms with Crippen molar-refractivity contribution in [1.29, 1.82) is 0 Å². The lowest BCUT2D eigenvalue weighted by Crippen LogP contribution is -2.36. The van der Waals surface area contributed by atoms with E-state index in [0.717, 1.165) is 34.4 Å². The van der Waals surface area contributed by atoms with Gasteiger partial charge in [-0.25, -0.2) is 4.98 Å². The number of hydrogen-bond acceptors (Lipinski definition) is 3. The highest BCUT2D eigenvalue weighted by Crippen LogP contribution is 2.48. The van der Waals surface area contributed by atoms with E-state index >= 15 is 0 Å². The molecule has 1 aromatic heterocycles. The van der Waals surface area contributed by atoms with Crippen molar-refractivity contribution in [2.75, 3.05) is 6.61 Å². The normalized spacial score (nSPS) is 16.7. The van der Waals surface area contributed by atoms with Crippen LogP contribution in [-0.4, -0.2) is 22.1 Å². The van der Waals surface area contributed by atoms with Crippen LogP contribution in [0.3, 0.4) is 0 Å². The van der Waals surface area contributed by atoms with Gasteiger partial charge >= 0.3 is 5.97 Å². The maximum atomic E-state index is 12.1. The zero-order valence-corrected chi connectivity index (χ0v) is 21.4. The topological polar surface area (TPSA) is 44.1 Å². The molecule has 0 unspecified atom stereocenters. The van der Waals surface area contributed by atoms with Crippen LogP contribution in [0.4, 0.5) is 0 Å². The summed E-state index contributed by atoms with van der Waals surface area (Å²) in [6.45, 7) is 2.28. The molecule has 38 heavy (non-hydrogen) atoms. The Kier molecular flexibility index (Phi) is 6.38. The fourth-order valence-corrected chi connectivity index (χ4v) is 5.61. The lowest BCUT2D eigenvalue weighted by atomic mass is 9.77. The molecule has 6 rings (SSSR count). The van der Waals surface area contributed by atoms with E-state index in [1.54, 1.807) is 0 Å². The number of ether oxygens (including phenoxy) is 1. The van der Waals surface area contributed by atoms with E-state index < -0.39 is 5.54 Å². The second-order valence-electron chi connectivity index (χ2n) is 9.80. The van der Waals surface area contributed by atoms with E-state index in [4.69, 9.17) is 9.72 Å². The Balaban J connectivity index is 1.41. The van der Waals surface area contributed by atoms with E-state index in [1.807, 2.05) is 13.3 Å². The molecule has 1 aliphatic rings. The van der Waals surface area contributed by atoms with Crippen LogP contribution in [0.15, 0.2) is 128 Å². The van der Waals surface area contributed by atoms with Gasteiger partial charge in [0.1, 0.15) is 5.54 Å². The van der Waals surface area contributed by atoms with Gasteiger partial charge in [-0.05, 0) is 41.5 Å². The largest absolute Gasteiger partial charge is 0.466 e. The zero-order chi connectivity index (χ0) is 26.0. The smallest absolute Gasteiger partial charge is 0.309 e. The SMILES string of the molecule is CCOC(=O)[C@H]1C[C@@H]1c1ccc(-c2cn(C(c3ccccc3)(c3ccccc3)c3ccccc3)cn2)cc1. The molecule has 0 radical (unpaired) electrons. The minimum Gasteiger partial charge on any atom is -0.466 e. The van der Waals surface area contributed by atoms with E-state index in [0.29, 0.717) is 6.61 Å². The average molecular weight is 499 g/mol. The number of aromatic nitrogens is 2. The minimum atomic E-state index is -0.587. The number of carbonyl (C=O) groups is 1. The molecule has 5 aromatic rings. The monoisotopic (exact) mass is 498 g/mol. The van der Waals surface area contributed by atoms with E-state index in [-0.39, 0.29) is 17.8 Å². The van der Waals surface area contributed by atoms with Gasteiger partial charge in [-0.1, -0.05) is 115 Å². The maximum Gasteiger partial charge on any atom is 0.309 e. The van der Waals surface area contributed by atoms with Crippen molar-refractivity contribution in [2.45, 2.75) is 24.8 Å². The third-order valence-electron chi connectivity index (χ3n) is 7.56. The van der Waals surface area contributed by atoms with Crippen molar-refractivity contribution in [3.63, 3.8) is 0 Å². The van der Waals surface area contributed by atoms with E-state index in [1.165, 1.54) is 5.56 Å². The van der Waals surface area contributed by atoms with Gasteiger partial charge in [-0.2, -0.15) is 0 Å². The summed E-state index contributed by atoms with van der Waals surface area (Å²) in [7, 11) is 0. The molecule has 0 aliphatic heterocycles. The van der Waals surface area contributed by atoms with Gasteiger partial charge < -0.3 is 9.30 Å². The van der Waals surface area contributed by atoms with Crippen LogP contribution < -0.4 is 0 Å². The summed E-state index contributed by atoms with van der Waals surface area (Å²) in [5.41, 5.74) is 6.03. The van der Waals surface area contributed by atoms with Crippen LogP contribution in [0.5, 0.6) is 0 Å². The number of imidazole rings is 1. The molecule has 4 heteroatoms. The lowest BCUT2D eigenvalue weighted by Gasteiger charge is -2.37. The van der Waals surface area contributed by atoms with Crippen molar-refractivity contribution >= 4 is 5.97 Å². The quantitative estimate of drug-likeness (QED) is 0.170. The summed E-state index contributed by atoms with van der Waals surface area (Å²) in [6, 6.07) is 40.3. The summed E-state index contributed by atoms with van der Waals surface area (Å²) in [5, 5.41) is 0. The highest BCUT2D eigenvalue weighted by molar-refractivity contribution is 5.77. The molecule has 2 atom stereocenters. The zero-order valence-electron chi connectivity index (χ0n) is 21.4. The first-order chi connectivity index (χ1) is 18.7. The van der Waals surface area contributed by atoms with Crippen molar-refractivity contribution in [3.8, 4) is 11.3 Å². The molecule has 0 bridgehead atoms. The van der Waals surface area contributed by atoms with Crippen molar-refractivity contribution < 1.29 is 9.53 Å². The van der Waals surface area contributed by atoms with Crippen LogP contribution in [0.25, 0.3) is 11.3 Å². The molecule has 1 saturated carbocycles. The van der Waals surface area contributed by atoms with Crippen molar-refractivity contribution in [2.24, 2.45) is 5.92 Å². The predicted octanol–water partition coefficient (Wildman–Crippen LogP) is 7.06. The van der Waals surface area contributed by atoms with Gasteiger partial charge in [0.15, 0.2) is 0 Å². The molecule has 1 aliphatic carbocycles. The standard InChI is InChI=1S/C34H30N2O2/c1-2-38-33(37)31-22-30(31)25-18-20-26(21-19-25)32-23-36(24-35-32)34(27-12-6-3-7-13-27,28-14-8-4-9-15-28)29-16-10-5-11-17-29/h3-21,23-24,30-31H,2,22H2,1H3/t30-,31+/m1/s1. The highest BCUT2D eigenvalue weighted by Gasteiger charge is 2.45. The third-order valence-corrected chi connectivity index (χ3v) is 7.56. The Bertz CT molecular complexity index is 1410. The molecule has 4 nitrogen and oxygen atoms in total. The Morgan fingerprint density at radius 3 is 1.84 bits per heavy atom. The molecular weight excluding hydrogens is 468 g/mol. The lowest BCUT2D eigenvalue weighted by molar-refractivity contribution is -0.144. The van der Waals surface area contributed by atoms with Crippen LogP contribution in [0, 0.1) is 5.92 Å². The molecule has 188 valence electrons. The first kappa shape index (κ1) is 23.9. The molecular formula is C34H30N2O2. The Morgan fingerprint density at radius 2 is 1.34 bits per heavy atom. The average Bonchev–Trinajstić information content (AvgIpc) is 3.64. The Hall–Kier alpha value is -4.44. The maximum absolute atomic E-state index is 12.1. The summed E-state index contributed by atoms with van der Waals surface area (Å²) >= 11 is 0. The predicted molar refractivity (Wildman–Crippen MR) is 150 cm³/mol. The first-order valence-electron chi connectivity index (χ1n) is 13.2. The van der Waals surface area contributed by atoms with Gasteiger partial charge in [0.2, 0.25) is 0 Å². The fraction of sp³-hybridized carbons (Fsp3) is 0.176. The summed E-state index contributed by atoms with van der Waals surface area (Å²) in [5.74, 6) is 0.158. The van der Waals surface area contributed by atoms with Crippen LogP contribution >= 0.6 is 0 Å². The number of esters is 1. The molecule has 0 spiro atoms. The van der Waals surface area contributed by atoms with E-state index in [2.05, 4.69) is 126 Å². The minimum absolute atomic E-state index is 0.0109. The van der Waals surface area contributed by atoms with Gasteiger partial charge in [-0.3, -0.25) is 4.79 Å². The molecule has 0 amide bonds. The van der Waals surface area contributed by atoms with Crippen LogP contribution in [0.2, 0.25) is 0 Å². The second kappa shape index (κ2) is 10.1. The van der Waals surface area contributed by atoms with Crippen molar-refractivity contribution in [1.82, 2.24) is 9.55 Å². The molecule has 4 aromatic carbocycles. The van der Waals surface area contributed by atoms with Gasteiger partial charge in [0.05, 0.1) is 24.5 Å². The highest BCUT2D eigenvalue weighted by atomic mass is 16.5. The van der Waals surface area contributed by atoms with Gasteiger partial charge in [-0.15, -0.1) is 0 Å². The van der Waals surface area contributed by atoms with Crippen LogP contribution in [-0.2, 0) is 15.1 Å². The summed E-state index contributed by atoms with van der Waals surface area (Å²) in [6.07, 6.45) is 4.94. The number of benzene rings is 4. The fourth-order valence-electron chi connectivity index (χ4n) is 5.61. The van der Waals surface area contributed by atoms with Gasteiger partial charge in [0, 0.05) is 11.8 Å². The molecule has 0 saturated heterocycles. The van der Waals surface area contributed by atoms with Crippen LogP contribution in [0.1, 0.15) is 41.5 Å². The Morgan fingerprint density at radius 1 is 0.816 bits per heavy atom. The second-order valence-corrected chi connectivity index (χ2v) is 9.80. The first-order valence-corrected chi connectivity index (χ1v) is 13.2. The van der Waals surface area contributed by atoms with Gasteiger partial charge in [0.25, 0.3) is 0 Å². The number of nitrogens with zero attached hydrogens (tertiary/aromatic N) is 2. The molecule has 0 N–H and O–H groups in total. The molecule has 1 fully saturated rings. The number of hydrogen-bond donors (Lipinski definition) is 0. The summed E-state index contributed by atoms with van der Waals surface area (Å²) < 4.78 is 7.43. The van der Waals surface area contributed by atoms with Crippen molar-refractivity contribution in [3.05, 3.63) is 150 Å². The number of rotatable bonds is 8. The van der Waals surface area contributed by atoms with E-state index in [9.17, 15) is 4.79 Å². The summed E-state index contributed by atoms with van der Waals surface area (Å²) in [4.78, 5) is 17.0. The number of carbonyl (C=O) groups excluding carboxylic acids is 1. The third kappa shape index (κ3) is 4.22.